The summed E-state index contributed by atoms with van der Waals surface area (Å²) in [5, 5.41) is 3.80. The summed E-state index contributed by atoms with van der Waals surface area (Å²) in [5.74, 6) is -1.18. The first-order chi connectivity index (χ1) is 20.4. The average molecular weight is 562 g/mol. The molecule has 0 aliphatic carbocycles. The fourth-order valence-corrected chi connectivity index (χ4v) is 5.32. The highest BCUT2D eigenvalue weighted by Gasteiger charge is 2.22. The van der Waals surface area contributed by atoms with Gasteiger partial charge in [-0.2, -0.15) is 0 Å². The van der Waals surface area contributed by atoms with Crippen LogP contribution in [0.25, 0.3) is 33.1 Å². The van der Waals surface area contributed by atoms with Gasteiger partial charge in [-0.05, 0) is 48.2 Å². The number of aromatic nitrogens is 4. The number of anilines is 1. The topological polar surface area (TPSA) is 102 Å². The predicted molar refractivity (Wildman–Crippen MR) is 162 cm³/mol. The number of aromatic amines is 1. The second-order valence-corrected chi connectivity index (χ2v) is 9.94. The van der Waals surface area contributed by atoms with Crippen LogP contribution in [0.5, 0.6) is 11.6 Å². The van der Waals surface area contributed by atoms with Crippen molar-refractivity contribution < 1.29 is 13.9 Å². The minimum atomic E-state index is -0.703. The van der Waals surface area contributed by atoms with E-state index in [-0.39, 0.29) is 28.3 Å². The van der Waals surface area contributed by atoms with Gasteiger partial charge in [0.25, 0.3) is 5.91 Å². The number of fused-ring (bicyclic) bond motifs is 2. The summed E-state index contributed by atoms with van der Waals surface area (Å²) in [5.41, 5.74) is 4.56. The van der Waals surface area contributed by atoms with Crippen LogP contribution in [0.15, 0.2) is 84.0 Å². The average Bonchev–Trinajstić information content (AvgIpc) is 3.45. The number of rotatable bonds is 7. The van der Waals surface area contributed by atoms with E-state index in [1.54, 1.807) is 6.20 Å². The lowest BCUT2D eigenvalue weighted by molar-refractivity contribution is 0.102. The third-order valence-electron chi connectivity index (χ3n) is 7.47. The third kappa shape index (κ3) is 4.68. The van der Waals surface area contributed by atoms with E-state index >= 15 is 4.39 Å². The molecule has 1 amide bonds. The first kappa shape index (κ1) is 26.9. The number of carbonyl (C=O) groups is 1. The van der Waals surface area contributed by atoms with Gasteiger partial charge in [-0.1, -0.05) is 50.2 Å². The number of hydrogen-bond acceptors (Lipinski definition) is 5. The van der Waals surface area contributed by atoms with Crippen molar-refractivity contribution in [2.45, 2.75) is 26.7 Å². The van der Waals surface area contributed by atoms with E-state index in [0.29, 0.717) is 28.5 Å². The van der Waals surface area contributed by atoms with Gasteiger partial charge >= 0.3 is 0 Å². The molecule has 8 nitrogen and oxygen atoms in total. The number of ether oxygens (including phenoxy) is 1. The summed E-state index contributed by atoms with van der Waals surface area (Å²) < 4.78 is 23.1. The smallest absolute Gasteiger partial charge is 0.261 e. The Bertz CT molecular complexity index is 2030. The van der Waals surface area contributed by atoms with Gasteiger partial charge in [0.1, 0.15) is 17.5 Å². The molecule has 42 heavy (non-hydrogen) atoms. The number of halogens is 1. The fourth-order valence-electron chi connectivity index (χ4n) is 5.32. The van der Waals surface area contributed by atoms with Gasteiger partial charge in [0.05, 0.1) is 10.9 Å². The van der Waals surface area contributed by atoms with Crippen molar-refractivity contribution in [3.8, 4) is 22.8 Å². The molecule has 3 aromatic heterocycles. The largest absolute Gasteiger partial charge is 0.435 e. The maximum absolute atomic E-state index is 15.3. The predicted octanol–water partition coefficient (Wildman–Crippen LogP) is 6.79. The molecule has 0 aliphatic rings. The van der Waals surface area contributed by atoms with Gasteiger partial charge in [-0.25, -0.2) is 14.4 Å². The molecule has 0 radical (unpaired) electrons. The summed E-state index contributed by atoms with van der Waals surface area (Å²) in [6.45, 7) is 3.90. The van der Waals surface area contributed by atoms with Gasteiger partial charge < -0.3 is 19.6 Å². The van der Waals surface area contributed by atoms with E-state index in [1.807, 2.05) is 74.0 Å². The number of hydrogen-bond donors (Lipinski definition) is 2. The van der Waals surface area contributed by atoms with Crippen LogP contribution < -0.4 is 15.5 Å². The third-order valence-corrected chi connectivity index (χ3v) is 7.47. The van der Waals surface area contributed by atoms with Gasteiger partial charge in [-0.3, -0.25) is 9.59 Å². The van der Waals surface area contributed by atoms with E-state index in [2.05, 4.69) is 20.3 Å². The molecule has 0 saturated carbocycles. The summed E-state index contributed by atoms with van der Waals surface area (Å²) in [4.78, 5) is 38.6. The molecular weight excluding hydrogens is 533 g/mol. The molecule has 6 aromatic rings. The summed E-state index contributed by atoms with van der Waals surface area (Å²) in [6, 6.07) is 19.5. The zero-order chi connectivity index (χ0) is 29.4. The normalized spacial score (nSPS) is 11.2. The van der Waals surface area contributed by atoms with Crippen LogP contribution in [0.1, 0.15) is 35.5 Å². The first-order valence-corrected chi connectivity index (χ1v) is 13.7. The minimum absolute atomic E-state index is 0.0470. The summed E-state index contributed by atoms with van der Waals surface area (Å²) in [7, 11) is 1.84. The Kier molecular flexibility index (Phi) is 7.00. The monoisotopic (exact) mass is 561 g/mol. The summed E-state index contributed by atoms with van der Waals surface area (Å²) in [6.07, 6.45) is 4.39. The van der Waals surface area contributed by atoms with Crippen molar-refractivity contribution in [2.24, 2.45) is 7.05 Å². The summed E-state index contributed by atoms with van der Waals surface area (Å²) >= 11 is 0. The number of benzene rings is 3. The highest BCUT2D eigenvalue weighted by atomic mass is 19.1. The number of aryl methyl sites for hydroxylation is 2. The molecule has 0 aliphatic heterocycles. The highest BCUT2D eigenvalue weighted by molar-refractivity contribution is 6.07. The minimum Gasteiger partial charge on any atom is -0.435 e. The molecule has 3 aromatic carbocycles. The van der Waals surface area contributed by atoms with Gasteiger partial charge in [0, 0.05) is 41.6 Å². The zero-order valence-corrected chi connectivity index (χ0v) is 23.4. The number of H-pyrrole nitrogens is 1. The van der Waals surface area contributed by atoms with Gasteiger partial charge in [0.15, 0.2) is 11.6 Å². The number of nitrogens with zero attached hydrogens (tertiary/aromatic N) is 3. The molecule has 0 atom stereocenters. The molecule has 0 bridgehead atoms. The molecule has 3 heterocycles. The molecule has 0 fully saturated rings. The molecule has 0 saturated heterocycles. The number of amides is 1. The first-order valence-electron chi connectivity index (χ1n) is 13.7. The second-order valence-electron chi connectivity index (χ2n) is 9.94. The highest BCUT2D eigenvalue weighted by Crippen LogP contribution is 2.36. The Balaban J connectivity index is 1.31. The fraction of sp³-hybridized carbons (Fsp3) is 0.152. The van der Waals surface area contributed by atoms with E-state index in [0.717, 1.165) is 34.7 Å². The van der Waals surface area contributed by atoms with E-state index < -0.39 is 11.7 Å². The zero-order valence-electron chi connectivity index (χ0n) is 23.4. The molecule has 0 unspecified atom stereocenters. The lowest BCUT2D eigenvalue weighted by Gasteiger charge is -2.17. The molecule has 9 heteroatoms. The molecule has 6 rings (SSSR count). The van der Waals surface area contributed by atoms with Crippen LogP contribution >= 0.6 is 0 Å². The maximum atomic E-state index is 15.3. The number of carbonyl (C=O) groups excluding carboxylic acids is 1. The van der Waals surface area contributed by atoms with Crippen LogP contribution in [-0.4, -0.2) is 25.4 Å². The van der Waals surface area contributed by atoms with Crippen LogP contribution in [-0.2, 0) is 19.9 Å². The Morgan fingerprint density at radius 2 is 1.83 bits per heavy atom. The lowest BCUT2D eigenvalue weighted by atomic mass is 10.0. The van der Waals surface area contributed by atoms with Crippen molar-refractivity contribution in [2.75, 3.05) is 5.32 Å². The van der Waals surface area contributed by atoms with Crippen molar-refractivity contribution >= 4 is 33.5 Å². The Morgan fingerprint density at radius 1 is 1.02 bits per heavy atom. The van der Waals surface area contributed by atoms with E-state index in [1.165, 1.54) is 18.5 Å². The van der Waals surface area contributed by atoms with Crippen LogP contribution in [0.3, 0.4) is 0 Å². The second kappa shape index (κ2) is 10.9. The molecule has 2 N–H and O–H groups in total. The Hall–Kier alpha value is -5.31. The van der Waals surface area contributed by atoms with Gasteiger partial charge in [-0.15, -0.1) is 0 Å². The Morgan fingerprint density at radius 3 is 2.57 bits per heavy atom. The number of nitrogens with one attached hydrogen (secondary N) is 2. The molecular formula is C33H28FN5O3. The van der Waals surface area contributed by atoms with Crippen LogP contribution in [0.4, 0.5) is 10.1 Å². The quantitative estimate of drug-likeness (QED) is 0.224. The van der Waals surface area contributed by atoms with Crippen molar-refractivity contribution in [1.29, 1.82) is 0 Å². The van der Waals surface area contributed by atoms with Gasteiger partial charge in [0.2, 0.25) is 11.3 Å². The van der Waals surface area contributed by atoms with Crippen molar-refractivity contribution in [3.05, 3.63) is 112 Å². The van der Waals surface area contributed by atoms with E-state index in [4.69, 9.17) is 4.74 Å². The molecule has 210 valence electrons. The SMILES string of the molecule is CCc1ccc2c(c1)c(=O)c(C(=O)Nc1ccc(Oc3ncnc4[nH]cc(-c5ccccc5)c34)c(F)c1)c(CC)n2C. The van der Waals surface area contributed by atoms with Crippen molar-refractivity contribution in [3.63, 3.8) is 0 Å². The van der Waals surface area contributed by atoms with E-state index in [9.17, 15) is 9.59 Å². The maximum Gasteiger partial charge on any atom is 0.261 e. The standard InChI is InChI=1S/C33H28FN5O3/c1-4-19-11-13-26-22(15-19)30(40)29(25(5-2)39(26)3)32(41)38-21-12-14-27(24(34)16-21)42-33-28-23(20-9-7-6-8-10-20)17-35-31(28)36-18-37-33/h6-18H,4-5H2,1-3H3,(H,38,41)(H,35,36,37). The lowest BCUT2D eigenvalue weighted by Crippen LogP contribution is -2.27. The van der Waals surface area contributed by atoms with Crippen LogP contribution in [0.2, 0.25) is 0 Å². The number of pyridine rings is 1. The van der Waals surface area contributed by atoms with Crippen molar-refractivity contribution in [1.82, 2.24) is 19.5 Å². The molecule has 0 spiro atoms. The van der Waals surface area contributed by atoms with Crippen LogP contribution in [0, 0.1) is 5.82 Å². The Labute approximate surface area is 240 Å².